The second-order valence-electron chi connectivity index (χ2n) is 3.53. The summed E-state index contributed by atoms with van der Waals surface area (Å²) in [4.78, 5) is 4.10. The van der Waals surface area contributed by atoms with Crippen molar-refractivity contribution in [2.45, 2.75) is 6.54 Å². The van der Waals surface area contributed by atoms with Gasteiger partial charge in [0.1, 0.15) is 16.8 Å². The molecule has 0 spiro atoms. The summed E-state index contributed by atoms with van der Waals surface area (Å²) in [6.07, 6.45) is 1.55. The van der Waals surface area contributed by atoms with Crippen LogP contribution in [0.3, 0.4) is 0 Å². The molecule has 0 unspecified atom stereocenters. The predicted molar refractivity (Wildman–Crippen MR) is 67.0 cm³/mol. The number of rotatable bonds is 3. The third-order valence-corrected chi connectivity index (χ3v) is 2.98. The number of benzene rings is 1. The lowest BCUT2D eigenvalue weighted by Crippen LogP contribution is -2.07. The Balaban J connectivity index is 2.10. The molecule has 1 heterocycles. The van der Waals surface area contributed by atoms with Crippen molar-refractivity contribution in [1.29, 1.82) is 0 Å². The average Bonchev–Trinajstić information content (AvgIpc) is 2.59. The first kappa shape index (κ1) is 12.2. The second-order valence-corrected chi connectivity index (χ2v) is 4.36. The van der Waals surface area contributed by atoms with Crippen LogP contribution in [0.15, 0.2) is 24.4 Å². The van der Waals surface area contributed by atoms with Gasteiger partial charge >= 0.3 is 0 Å². The zero-order chi connectivity index (χ0) is 12.4. The Kier molecular flexibility index (Phi) is 3.54. The maximum atomic E-state index is 13.5. The van der Waals surface area contributed by atoms with Crippen molar-refractivity contribution in [2.75, 3.05) is 5.32 Å². The smallest absolute Gasteiger partial charge is 0.147 e. The van der Waals surface area contributed by atoms with Gasteiger partial charge in [-0.25, -0.2) is 9.37 Å². The molecule has 0 saturated heterocycles. The molecule has 0 aliphatic heterocycles. The molecule has 0 radical (unpaired) electrons. The number of imidazole rings is 1. The van der Waals surface area contributed by atoms with Crippen molar-refractivity contribution in [1.82, 2.24) is 9.55 Å². The average molecular weight is 274 g/mol. The van der Waals surface area contributed by atoms with Gasteiger partial charge in [0.2, 0.25) is 0 Å². The van der Waals surface area contributed by atoms with Gasteiger partial charge in [0.25, 0.3) is 0 Å². The Morgan fingerprint density at radius 3 is 2.76 bits per heavy atom. The summed E-state index contributed by atoms with van der Waals surface area (Å²) in [5.74, 6) is 0.335. The summed E-state index contributed by atoms with van der Waals surface area (Å²) in [6, 6.07) is 4.47. The molecular weight excluding hydrogens is 264 g/mol. The molecule has 3 nitrogen and oxygen atoms in total. The van der Waals surface area contributed by atoms with Crippen LogP contribution in [0.25, 0.3) is 0 Å². The highest BCUT2D eigenvalue weighted by Gasteiger charge is 2.06. The Bertz CT molecular complexity index is 540. The maximum Gasteiger partial charge on any atom is 0.147 e. The lowest BCUT2D eigenvalue weighted by molar-refractivity contribution is 0.629. The minimum Gasteiger partial charge on any atom is -0.375 e. The minimum atomic E-state index is -0.391. The highest BCUT2D eigenvalue weighted by atomic mass is 35.5. The molecule has 2 rings (SSSR count). The van der Waals surface area contributed by atoms with Crippen molar-refractivity contribution in [3.8, 4) is 0 Å². The first-order valence-corrected chi connectivity index (χ1v) is 5.68. The molecule has 0 aliphatic carbocycles. The Hall–Kier alpha value is -1.26. The fourth-order valence-corrected chi connectivity index (χ4v) is 1.70. The number of halogens is 3. The van der Waals surface area contributed by atoms with Crippen LogP contribution < -0.4 is 5.32 Å². The van der Waals surface area contributed by atoms with E-state index in [0.717, 1.165) is 5.82 Å². The number of nitrogens with zero attached hydrogens (tertiary/aromatic N) is 2. The number of hydrogen-bond donors (Lipinski definition) is 1. The molecule has 90 valence electrons. The van der Waals surface area contributed by atoms with Gasteiger partial charge in [-0.1, -0.05) is 23.2 Å². The van der Waals surface area contributed by atoms with Crippen LogP contribution in [0.2, 0.25) is 10.2 Å². The predicted octanol–water partition coefficient (Wildman–Crippen LogP) is 3.48. The number of aromatic nitrogens is 2. The third-order valence-electron chi connectivity index (χ3n) is 2.40. The maximum absolute atomic E-state index is 13.5. The molecule has 1 N–H and O–H groups in total. The molecule has 0 aliphatic rings. The topological polar surface area (TPSA) is 29.9 Å². The van der Waals surface area contributed by atoms with Crippen LogP contribution in [0.5, 0.6) is 0 Å². The van der Waals surface area contributed by atoms with Crippen molar-refractivity contribution in [2.24, 2.45) is 7.05 Å². The summed E-state index contributed by atoms with van der Waals surface area (Å²) >= 11 is 11.5. The van der Waals surface area contributed by atoms with E-state index in [2.05, 4.69) is 10.3 Å². The van der Waals surface area contributed by atoms with E-state index in [1.807, 2.05) is 0 Å². The van der Waals surface area contributed by atoms with Gasteiger partial charge in [0, 0.05) is 12.1 Å². The van der Waals surface area contributed by atoms with Gasteiger partial charge in [0.15, 0.2) is 0 Å². The monoisotopic (exact) mass is 273 g/mol. The van der Waals surface area contributed by atoms with E-state index >= 15 is 0 Å². The molecule has 0 saturated carbocycles. The van der Waals surface area contributed by atoms with E-state index in [1.165, 1.54) is 6.07 Å². The van der Waals surface area contributed by atoms with E-state index in [0.29, 0.717) is 22.4 Å². The quantitative estimate of drug-likeness (QED) is 0.928. The van der Waals surface area contributed by atoms with E-state index in [4.69, 9.17) is 23.2 Å². The molecular formula is C11H10Cl2FN3. The summed E-state index contributed by atoms with van der Waals surface area (Å²) < 4.78 is 15.2. The van der Waals surface area contributed by atoms with Crippen molar-refractivity contribution in [3.05, 3.63) is 46.2 Å². The SMILES string of the molecule is Cn1c(Cl)cnc1CNc1ccc(Cl)cc1F. The van der Waals surface area contributed by atoms with E-state index in [-0.39, 0.29) is 0 Å². The van der Waals surface area contributed by atoms with E-state index in [9.17, 15) is 4.39 Å². The van der Waals surface area contributed by atoms with Gasteiger partial charge in [-0.3, -0.25) is 0 Å². The minimum absolute atomic E-state index is 0.369. The highest BCUT2D eigenvalue weighted by molar-refractivity contribution is 6.30. The number of hydrogen-bond acceptors (Lipinski definition) is 2. The third kappa shape index (κ3) is 2.70. The van der Waals surface area contributed by atoms with Crippen LogP contribution in [0.1, 0.15) is 5.82 Å². The standard InChI is InChI=1S/C11H10Cl2FN3/c1-17-10(13)5-16-11(17)6-15-9-3-2-7(12)4-8(9)14/h2-5,15H,6H2,1H3. The molecule has 0 bridgehead atoms. The molecule has 0 amide bonds. The van der Waals surface area contributed by atoms with Crippen LogP contribution in [-0.4, -0.2) is 9.55 Å². The fraction of sp³-hybridized carbons (Fsp3) is 0.182. The van der Waals surface area contributed by atoms with Crippen molar-refractivity contribution in [3.63, 3.8) is 0 Å². The van der Waals surface area contributed by atoms with Crippen LogP contribution >= 0.6 is 23.2 Å². The summed E-state index contributed by atoms with van der Waals surface area (Å²) in [6.45, 7) is 0.391. The lowest BCUT2D eigenvalue weighted by atomic mass is 10.3. The van der Waals surface area contributed by atoms with Gasteiger partial charge in [0.05, 0.1) is 18.4 Å². The first-order chi connectivity index (χ1) is 8.08. The number of nitrogens with one attached hydrogen (secondary N) is 1. The van der Waals surface area contributed by atoms with E-state index < -0.39 is 5.82 Å². The molecule has 17 heavy (non-hydrogen) atoms. The van der Waals surface area contributed by atoms with Crippen LogP contribution in [0, 0.1) is 5.82 Å². The van der Waals surface area contributed by atoms with Gasteiger partial charge in [-0.15, -0.1) is 0 Å². The Morgan fingerprint density at radius 1 is 1.41 bits per heavy atom. The van der Waals surface area contributed by atoms with Crippen molar-refractivity contribution >= 4 is 28.9 Å². The van der Waals surface area contributed by atoms with Gasteiger partial charge < -0.3 is 9.88 Å². The summed E-state index contributed by atoms with van der Waals surface area (Å²) in [5, 5.41) is 3.84. The summed E-state index contributed by atoms with van der Waals surface area (Å²) in [7, 11) is 1.80. The zero-order valence-corrected chi connectivity index (χ0v) is 10.6. The molecule has 1 aromatic carbocycles. The van der Waals surface area contributed by atoms with E-state index in [1.54, 1.807) is 29.9 Å². The molecule has 0 atom stereocenters. The largest absolute Gasteiger partial charge is 0.375 e. The lowest BCUT2D eigenvalue weighted by Gasteiger charge is -2.08. The highest BCUT2D eigenvalue weighted by Crippen LogP contribution is 2.19. The second kappa shape index (κ2) is 4.94. The van der Waals surface area contributed by atoms with Gasteiger partial charge in [-0.05, 0) is 18.2 Å². The molecule has 2 aromatic rings. The van der Waals surface area contributed by atoms with Crippen LogP contribution in [0.4, 0.5) is 10.1 Å². The Labute approximate surface area is 108 Å². The Morgan fingerprint density at radius 2 is 2.18 bits per heavy atom. The zero-order valence-electron chi connectivity index (χ0n) is 9.04. The number of anilines is 1. The molecule has 1 aromatic heterocycles. The first-order valence-electron chi connectivity index (χ1n) is 4.93. The van der Waals surface area contributed by atoms with Gasteiger partial charge in [-0.2, -0.15) is 0 Å². The van der Waals surface area contributed by atoms with Crippen molar-refractivity contribution < 1.29 is 4.39 Å². The summed E-state index contributed by atoms with van der Waals surface area (Å²) in [5.41, 5.74) is 0.383. The molecule has 6 heteroatoms. The van der Waals surface area contributed by atoms with Crippen LogP contribution in [-0.2, 0) is 13.6 Å². The normalized spacial score (nSPS) is 10.6. The molecule has 0 fully saturated rings. The fourth-order valence-electron chi connectivity index (χ4n) is 1.40.